The number of ether oxygens (including phenoxy) is 1. The van der Waals surface area contributed by atoms with E-state index in [4.69, 9.17) is 10.3 Å². The average Bonchev–Trinajstić information content (AvgIpc) is 2.91. The van der Waals surface area contributed by atoms with E-state index in [0.717, 1.165) is 37.0 Å². The monoisotopic (exact) mass is 360 g/mol. The average molecular weight is 361 g/mol. The first kappa shape index (κ1) is 18.2. The van der Waals surface area contributed by atoms with Crippen LogP contribution in [0.15, 0.2) is 5.11 Å². The fraction of sp³-hybridized carbons (Fsp3) is 0.952. The number of hydrogen-bond acceptors (Lipinski definition) is 4. The molecule has 0 saturated heterocycles. The van der Waals surface area contributed by atoms with Crippen LogP contribution in [0.5, 0.6) is 0 Å². The molecule has 0 radical (unpaired) electrons. The van der Waals surface area contributed by atoms with E-state index in [2.05, 4.69) is 23.9 Å². The quantitative estimate of drug-likeness (QED) is 0.433. The van der Waals surface area contributed by atoms with Crippen molar-refractivity contribution in [2.45, 2.75) is 90.7 Å². The summed E-state index contributed by atoms with van der Waals surface area (Å²) in [5, 5.41) is 4.15. The van der Waals surface area contributed by atoms with E-state index in [-0.39, 0.29) is 23.5 Å². The summed E-state index contributed by atoms with van der Waals surface area (Å²) in [5.74, 6) is 2.95. The van der Waals surface area contributed by atoms with Crippen molar-refractivity contribution < 1.29 is 9.53 Å². The topological polar surface area (TPSA) is 76.6 Å². The van der Waals surface area contributed by atoms with Crippen LogP contribution >= 0.6 is 0 Å². The summed E-state index contributed by atoms with van der Waals surface area (Å²) in [6.07, 6.45) is 11.0. The number of nitrogens with one attached hydrogen (secondary N) is 1. The summed E-state index contributed by atoms with van der Waals surface area (Å²) in [7, 11) is 0. The number of esters is 1. The normalized spacial score (nSPS) is 50.0. The molecule has 4 fully saturated rings. The summed E-state index contributed by atoms with van der Waals surface area (Å²) < 4.78 is 5.76. The molecule has 0 aromatic rings. The predicted octanol–water partition coefficient (Wildman–Crippen LogP) is 4.88. The predicted molar refractivity (Wildman–Crippen MR) is 98.4 cm³/mol. The summed E-state index contributed by atoms with van der Waals surface area (Å²) >= 11 is 0. The maximum absolute atomic E-state index is 11.6. The Labute approximate surface area is 156 Å². The first-order valence-corrected chi connectivity index (χ1v) is 10.6. The Morgan fingerprint density at radius 1 is 1.04 bits per heavy atom. The number of hydrogen-bond donors (Lipinski definition) is 1. The van der Waals surface area contributed by atoms with Gasteiger partial charge in [-0.15, -0.1) is 0 Å². The van der Waals surface area contributed by atoms with Gasteiger partial charge < -0.3 is 4.74 Å². The summed E-state index contributed by atoms with van der Waals surface area (Å²) in [4.78, 5) is 14.9. The fourth-order valence-corrected chi connectivity index (χ4v) is 7.77. The van der Waals surface area contributed by atoms with Crippen LogP contribution in [0.4, 0.5) is 0 Å². The third kappa shape index (κ3) is 2.66. The summed E-state index contributed by atoms with van der Waals surface area (Å²) in [6, 6.07) is 0.274. The van der Waals surface area contributed by atoms with Crippen LogP contribution in [0, 0.1) is 40.0 Å². The highest BCUT2D eigenvalue weighted by Crippen LogP contribution is 2.66. The second kappa shape index (κ2) is 6.44. The lowest BCUT2D eigenvalue weighted by atomic mass is 9.45. The zero-order chi connectivity index (χ0) is 18.5. The van der Waals surface area contributed by atoms with Gasteiger partial charge in [-0.2, -0.15) is 0 Å². The van der Waals surface area contributed by atoms with Crippen molar-refractivity contribution in [1.82, 2.24) is 4.91 Å². The molecule has 5 nitrogen and oxygen atoms in total. The molecule has 0 heterocycles. The zero-order valence-corrected chi connectivity index (χ0v) is 16.5. The Balaban J connectivity index is 1.55. The molecule has 0 spiro atoms. The van der Waals surface area contributed by atoms with E-state index in [1.807, 2.05) is 0 Å². The van der Waals surface area contributed by atoms with Crippen LogP contribution in [0.1, 0.15) is 78.6 Å². The van der Waals surface area contributed by atoms with Crippen molar-refractivity contribution in [3.63, 3.8) is 0 Å². The van der Waals surface area contributed by atoms with Gasteiger partial charge >= 0.3 is 5.97 Å². The van der Waals surface area contributed by atoms with Crippen molar-refractivity contribution in [1.29, 1.82) is 5.53 Å². The molecule has 0 aliphatic heterocycles. The molecule has 0 aromatic heterocycles. The molecule has 0 amide bonds. The van der Waals surface area contributed by atoms with Gasteiger partial charge in [0.15, 0.2) is 0 Å². The standard InChI is InChI=1S/C21H34N3O2/c1-13(25)26-19-7-6-17-16-5-4-14-12-15(23-24-22)8-10-20(14,2)18(16)9-11-21(17,19)3/h14-19,22H,4-12H2,1-3H3/q+1. The molecule has 4 aliphatic rings. The van der Waals surface area contributed by atoms with Gasteiger partial charge in [-0.1, -0.05) is 13.8 Å². The Morgan fingerprint density at radius 3 is 2.50 bits per heavy atom. The lowest BCUT2D eigenvalue weighted by Gasteiger charge is -2.60. The van der Waals surface area contributed by atoms with E-state index >= 15 is 0 Å². The fourth-order valence-electron chi connectivity index (χ4n) is 7.77. The molecular formula is C21H34N3O2+. The van der Waals surface area contributed by atoms with Crippen LogP contribution in [-0.4, -0.2) is 18.1 Å². The molecule has 4 saturated carbocycles. The second-order valence-corrected chi connectivity index (χ2v) is 10.0. The first-order chi connectivity index (χ1) is 12.4. The van der Waals surface area contributed by atoms with Crippen molar-refractivity contribution in [3.05, 3.63) is 0 Å². The highest BCUT2D eigenvalue weighted by Gasteiger charge is 2.61. The minimum absolute atomic E-state index is 0.114. The Hall–Kier alpha value is -1.22. The molecule has 0 aromatic carbocycles. The number of rotatable bonds is 2. The highest BCUT2D eigenvalue weighted by molar-refractivity contribution is 5.66. The lowest BCUT2D eigenvalue weighted by molar-refractivity contribution is -0.161. The van der Waals surface area contributed by atoms with Gasteiger partial charge in [0, 0.05) is 12.3 Å². The van der Waals surface area contributed by atoms with Gasteiger partial charge in [-0.25, -0.2) is 0 Å². The van der Waals surface area contributed by atoms with E-state index in [9.17, 15) is 4.79 Å². The lowest BCUT2D eigenvalue weighted by Crippen LogP contribution is -2.54. The van der Waals surface area contributed by atoms with Crippen LogP contribution in [0.3, 0.4) is 0 Å². The van der Waals surface area contributed by atoms with Crippen LogP contribution in [0.2, 0.25) is 0 Å². The molecule has 5 heteroatoms. The smallest absolute Gasteiger partial charge is 0.302 e. The Bertz CT molecular complexity index is 631. The van der Waals surface area contributed by atoms with Crippen LogP contribution in [0.25, 0.3) is 0 Å². The van der Waals surface area contributed by atoms with Crippen molar-refractivity contribution >= 4 is 5.97 Å². The van der Waals surface area contributed by atoms with E-state index in [1.165, 1.54) is 38.5 Å². The summed E-state index contributed by atoms with van der Waals surface area (Å²) in [6.45, 7) is 6.50. The Morgan fingerprint density at radius 2 is 1.77 bits per heavy atom. The summed E-state index contributed by atoms with van der Waals surface area (Å²) in [5.41, 5.74) is 7.67. The zero-order valence-electron chi connectivity index (χ0n) is 16.5. The maximum Gasteiger partial charge on any atom is 0.302 e. The largest absolute Gasteiger partial charge is 0.462 e. The molecular weight excluding hydrogens is 326 g/mol. The molecule has 4 aliphatic carbocycles. The second-order valence-electron chi connectivity index (χ2n) is 10.0. The van der Waals surface area contributed by atoms with Gasteiger partial charge in [-0.05, 0) is 86.9 Å². The Kier molecular flexibility index (Phi) is 4.50. The maximum atomic E-state index is 11.6. The van der Waals surface area contributed by atoms with E-state index < -0.39 is 0 Å². The number of fused-ring (bicyclic) bond motifs is 5. The SMILES string of the molecule is CC(=O)OC1CCC2C3CCC4CC(N=[N+]=N)CCC4(C)C3CCC12C. The molecule has 8 atom stereocenters. The van der Waals surface area contributed by atoms with Gasteiger partial charge in [0.05, 0.1) is 0 Å². The molecule has 144 valence electrons. The van der Waals surface area contributed by atoms with Gasteiger partial charge in [-0.3, -0.25) is 4.79 Å². The van der Waals surface area contributed by atoms with Crippen molar-refractivity contribution in [3.8, 4) is 0 Å². The molecule has 8 unspecified atom stereocenters. The first-order valence-electron chi connectivity index (χ1n) is 10.6. The number of carbonyl (C=O) groups excluding carboxylic acids is 1. The molecule has 0 bridgehead atoms. The van der Waals surface area contributed by atoms with E-state index in [0.29, 0.717) is 11.3 Å². The minimum atomic E-state index is -0.114. The van der Waals surface area contributed by atoms with Crippen molar-refractivity contribution in [2.75, 3.05) is 0 Å². The third-order valence-corrected chi connectivity index (χ3v) is 9.08. The number of carbonyl (C=O) groups is 1. The molecule has 4 rings (SSSR count). The minimum Gasteiger partial charge on any atom is -0.462 e. The third-order valence-electron chi connectivity index (χ3n) is 9.08. The van der Waals surface area contributed by atoms with Gasteiger partial charge in [0.25, 0.3) is 0 Å². The van der Waals surface area contributed by atoms with Gasteiger partial charge in [0.2, 0.25) is 4.91 Å². The van der Waals surface area contributed by atoms with Crippen molar-refractivity contribution in [2.24, 2.45) is 39.6 Å². The highest BCUT2D eigenvalue weighted by atomic mass is 16.5. The number of nitrogens with zero attached hydrogens (tertiary/aromatic N) is 2. The van der Waals surface area contributed by atoms with Gasteiger partial charge in [0.1, 0.15) is 22.8 Å². The molecule has 26 heavy (non-hydrogen) atoms. The van der Waals surface area contributed by atoms with Crippen LogP contribution < -0.4 is 4.91 Å². The molecule has 1 N–H and O–H groups in total. The van der Waals surface area contributed by atoms with Crippen LogP contribution in [-0.2, 0) is 9.53 Å². The van der Waals surface area contributed by atoms with E-state index in [1.54, 1.807) is 6.92 Å².